The van der Waals surface area contributed by atoms with E-state index < -0.39 is 0 Å². The van der Waals surface area contributed by atoms with Gasteiger partial charge in [-0.2, -0.15) is 0 Å². The first-order valence-corrected chi connectivity index (χ1v) is 5.40. The zero-order chi connectivity index (χ0) is 10.4. The summed E-state index contributed by atoms with van der Waals surface area (Å²) in [6.07, 6.45) is 0. The third kappa shape index (κ3) is 7.55. The number of thiocarbonyl (C=S) groups is 1. The molecular formula is C8H11Br2ClN2S. The van der Waals surface area contributed by atoms with E-state index in [1.165, 1.54) is 5.56 Å². The quantitative estimate of drug-likeness (QED) is 0.697. The topological polar surface area (TPSA) is 52.0 Å². The summed E-state index contributed by atoms with van der Waals surface area (Å²) in [5.74, 6) is 0. The molecule has 6 heteroatoms. The third-order valence-corrected chi connectivity index (χ3v) is 2.92. The molecule has 14 heavy (non-hydrogen) atoms. The van der Waals surface area contributed by atoms with Crippen LogP contribution in [0.3, 0.4) is 0 Å². The summed E-state index contributed by atoms with van der Waals surface area (Å²) in [5.41, 5.74) is 10.5. The van der Waals surface area contributed by atoms with Crippen LogP contribution in [-0.4, -0.2) is 5.11 Å². The Balaban J connectivity index is 0. The fourth-order valence-electron chi connectivity index (χ4n) is 0.581. The summed E-state index contributed by atoms with van der Waals surface area (Å²) in [4.78, 5) is 0. The summed E-state index contributed by atoms with van der Waals surface area (Å²) >= 11 is 10.9. The lowest BCUT2D eigenvalue weighted by atomic mass is 10.2. The molecule has 1 aromatic carbocycles. The van der Waals surface area contributed by atoms with Crippen molar-refractivity contribution in [3.05, 3.63) is 32.7 Å². The minimum Gasteiger partial charge on any atom is -0.377 e. The molecule has 0 radical (unpaired) electrons. The first-order chi connectivity index (χ1) is 5.95. The average Bonchev–Trinajstić information content (AvgIpc) is 1.99. The van der Waals surface area contributed by atoms with Crippen LogP contribution in [0.4, 0.5) is 0 Å². The van der Waals surface area contributed by atoms with Crippen molar-refractivity contribution in [1.29, 1.82) is 0 Å². The van der Waals surface area contributed by atoms with Crippen molar-refractivity contribution in [1.82, 2.24) is 0 Å². The Bertz CT molecular complexity index is 283. The smallest absolute Gasteiger partial charge is 0.160 e. The molecule has 0 aliphatic rings. The first-order valence-electron chi connectivity index (χ1n) is 3.40. The van der Waals surface area contributed by atoms with E-state index in [0.29, 0.717) is 0 Å². The van der Waals surface area contributed by atoms with Gasteiger partial charge in [0.2, 0.25) is 0 Å². The van der Waals surface area contributed by atoms with E-state index in [9.17, 15) is 0 Å². The lowest BCUT2D eigenvalue weighted by Gasteiger charge is -1.97. The van der Waals surface area contributed by atoms with E-state index >= 15 is 0 Å². The number of rotatable bonds is 0. The molecule has 80 valence electrons. The first kappa shape index (κ1) is 16.6. The molecule has 0 atom stereocenters. The van der Waals surface area contributed by atoms with Crippen LogP contribution in [0, 0.1) is 6.92 Å². The Kier molecular flexibility index (Phi) is 10.0. The van der Waals surface area contributed by atoms with E-state index in [1.807, 2.05) is 18.2 Å². The van der Waals surface area contributed by atoms with Gasteiger partial charge in [0.1, 0.15) is 0 Å². The van der Waals surface area contributed by atoms with E-state index in [2.05, 4.69) is 62.5 Å². The predicted octanol–water partition coefficient (Wildman–Crippen LogP) is 3.13. The van der Waals surface area contributed by atoms with Crippen molar-refractivity contribution in [3.8, 4) is 0 Å². The Morgan fingerprint density at radius 3 is 1.71 bits per heavy atom. The second-order valence-corrected chi connectivity index (χ2v) is 4.43. The molecule has 0 saturated carbocycles. The van der Waals surface area contributed by atoms with E-state index in [4.69, 9.17) is 0 Å². The number of nitrogens with two attached hydrogens (primary N) is 2. The normalized spacial score (nSPS) is 7.93. The van der Waals surface area contributed by atoms with Crippen LogP contribution in [-0.2, 0) is 0 Å². The van der Waals surface area contributed by atoms with Crippen molar-refractivity contribution in [3.63, 3.8) is 0 Å². The van der Waals surface area contributed by atoms with Crippen molar-refractivity contribution in [2.45, 2.75) is 6.92 Å². The Hall–Kier alpha value is 0.160. The van der Waals surface area contributed by atoms with E-state index in [1.54, 1.807) is 0 Å². The molecule has 0 aliphatic heterocycles. The molecule has 0 fully saturated rings. The number of hydrogen-bond donors (Lipinski definition) is 2. The molecule has 0 amide bonds. The van der Waals surface area contributed by atoms with Crippen molar-refractivity contribution >= 4 is 61.6 Å². The SMILES string of the molecule is Cc1c(Br)cccc1Br.Cl.NC(N)=S. The fraction of sp³-hybridized carbons (Fsp3) is 0.125. The Morgan fingerprint density at radius 2 is 1.50 bits per heavy atom. The minimum atomic E-state index is 0. The van der Waals surface area contributed by atoms with Gasteiger partial charge in [-0.25, -0.2) is 0 Å². The van der Waals surface area contributed by atoms with Gasteiger partial charge in [-0.05, 0) is 36.8 Å². The standard InChI is InChI=1S/C7H6Br2.CH4N2S.ClH/c1-5-6(8)3-2-4-7(5)9;2-1(3)4;/h2-4H,1H3;(H4,2,3,4);1H. The molecule has 2 nitrogen and oxygen atoms in total. The highest BCUT2D eigenvalue weighted by Gasteiger charge is 1.95. The van der Waals surface area contributed by atoms with Gasteiger partial charge in [-0.1, -0.05) is 37.9 Å². The summed E-state index contributed by atoms with van der Waals surface area (Å²) in [5, 5.41) is 0.000000000000000222. The molecule has 1 aromatic rings. The van der Waals surface area contributed by atoms with Gasteiger partial charge in [-0.15, -0.1) is 12.4 Å². The van der Waals surface area contributed by atoms with Gasteiger partial charge in [0, 0.05) is 8.95 Å². The van der Waals surface area contributed by atoms with Crippen LogP contribution in [0.15, 0.2) is 27.1 Å². The van der Waals surface area contributed by atoms with Crippen LogP contribution in [0.1, 0.15) is 5.56 Å². The maximum Gasteiger partial charge on any atom is 0.160 e. The van der Waals surface area contributed by atoms with E-state index in [0.717, 1.165) is 8.95 Å². The van der Waals surface area contributed by atoms with Gasteiger partial charge in [0.15, 0.2) is 5.11 Å². The van der Waals surface area contributed by atoms with Crippen LogP contribution in [0.25, 0.3) is 0 Å². The molecule has 0 heterocycles. The highest BCUT2D eigenvalue weighted by Crippen LogP contribution is 2.23. The highest BCUT2D eigenvalue weighted by atomic mass is 79.9. The van der Waals surface area contributed by atoms with Crippen LogP contribution < -0.4 is 11.5 Å². The number of benzene rings is 1. The van der Waals surface area contributed by atoms with Crippen LogP contribution >= 0.6 is 56.5 Å². The monoisotopic (exact) mass is 360 g/mol. The number of hydrogen-bond acceptors (Lipinski definition) is 1. The van der Waals surface area contributed by atoms with Gasteiger partial charge < -0.3 is 11.5 Å². The second kappa shape index (κ2) is 8.47. The molecule has 0 saturated heterocycles. The predicted molar refractivity (Wildman–Crippen MR) is 74.8 cm³/mol. The van der Waals surface area contributed by atoms with Crippen molar-refractivity contribution < 1.29 is 0 Å². The largest absolute Gasteiger partial charge is 0.377 e. The van der Waals surface area contributed by atoms with Crippen LogP contribution in [0.5, 0.6) is 0 Å². The Labute approximate surface area is 112 Å². The maximum atomic E-state index is 4.62. The summed E-state index contributed by atoms with van der Waals surface area (Å²) < 4.78 is 2.30. The van der Waals surface area contributed by atoms with Gasteiger partial charge in [0.05, 0.1) is 0 Å². The van der Waals surface area contributed by atoms with Crippen LogP contribution in [0.2, 0.25) is 0 Å². The van der Waals surface area contributed by atoms with Crippen molar-refractivity contribution in [2.24, 2.45) is 11.5 Å². The van der Waals surface area contributed by atoms with E-state index in [-0.39, 0.29) is 17.5 Å². The Morgan fingerprint density at radius 1 is 1.21 bits per heavy atom. The van der Waals surface area contributed by atoms with Crippen molar-refractivity contribution in [2.75, 3.05) is 0 Å². The molecule has 0 unspecified atom stereocenters. The molecule has 0 bridgehead atoms. The highest BCUT2D eigenvalue weighted by molar-refractivity contribution is 9.11. The zero-order valence-corrected chi connectivity index (χ0v) is 12.3. The molecule has 0 aromatic heterocycles. The average molecular weight is 363 g/mol. The summed E-state index contributed by atoms with van der Waals surface area (Å²) in [7, 11) is 0. The molecule has 0 aliphatic carbocycles. The molecular weight excluding hydrogens is 351 g/mol. The summed E-state index contributed by atoms with van der Waals surface area (Å²) in [6, 6.07) is 6.06. The minimum absolute atomic E-state index is 0. The zero-order valence-electron chi connectivity index (χ0n) is 7.46. The molecule has 0 spiro atoms. The lowest BCUT2D eigenvalue weighted by Crippen LogP contribution is -2.18. The third-order valence-electron chi connectivity index (χ3n) is 1.20. The summed E-state index contributed by atoms with van der Waals surface area (Å²) in [6.45, 7) is 2.06. The lowest BCUT2D eigenvalue weighted by molar-refractivity contribution is 1.40. The maximum absolute atomic E-state index is 4.62. The molecule has 1 rings (SSSR count). The molecule has 4 N–H and O–H groups in total. The van der Waals surface area contributed by atoms with Gasteiger partial charge in [-0.3, -0.25) is 0 Å². The second-order valence-electron chi connectivity index (χ2n) is 2.25. The number of halogens is 3. The van der Waals surface area contributed by atoms with Gasteiger partial charge >= 0.3 is 0 Å². The van der Waals surface area contributed by atoms with Gasteiger partial charge in [0.25, 0.3) is 0 Å². The fourth-order valence-corrected chi connectivity index (χ4v) is 1.58.